The number of hydrogen-bond donors (Lipinski definition) is 1. The highest BCUT2D eigenvalue weighted by Gasteiger charge is 2.27. The van der Waals surface area contributed by atoms with Crippen LogP contribution in [0.3, 0.4) is 0 Å². The topological polar surface area (TPSA) is 64.6 Å². The van der Waals surface area contributed by atoms with Gasteiger partial charge in [-0.3, -0.25) is 4.79 Å². The molecule has 0 fully saturated rings. The summed E-state index contributed by atoms with van der Waals surface area (Å²) in [6, 6.07) is 3.80. The van der Waals surface area contributed by atoms with Crippen molar-refractivity contribution in [3.05, 3.63) is 29.6 Å². The van der Waals surface area contributed by atoms with Crippen molar-refractivity contribution in [1.29, 1.82) is 0 Å². The van der Waals surface area contributed by atoms with Crippen LogP contribution in [-0.2, 0) is 9.53 Å². The Kier molecular flexibility index (Phi) is 6.35. The Hall–Kier alpha value is -2.11. The van der Waals surface area contributed by atoms with Gasteiger partial charge in [-0.05, 0) is 37.8 Å². The molecule has 0 bridgehead atoms. The smallest absolute Gasteiger partial charge is 0.341 e. The summed E-state index contributed by atoms with van der Waals surface area (Å²) in [5.74, 6) is -1.77. The number of rotatable bonds is 6. The number of esters is 1. The maximum Gasteiger partial charge on any atom is 0.341 e. The first-order valence-electron chi connectivity index (χ1n) is 7.75. The van der Waals surface area contributed by atoms with Crippen LogP contribution in [0.2, 0.25) is 0 Å². The predicted octanol–water partition coefficient (Wildman–Crippen LogP) is 3.32. The maximum atomic E-state index is 13.8. The third-order valence-electron chi connectivity index (χ3n) is 3.18. The molecule has 0 aromatic heterocycles. The van der Waals surface area contributed by atoms with E-state index in [1.165, 1.54) is 19.2 Å². The molecule has 1 amide bonds. The van der Waals surface area contributed by atoms with E-state index in [-0.39, 0.29) is 11.0 Å². The van der Waals surface area contributed by atoms with Gasteiger partial charge in [0, 0.05) is 11.6 Å². The Morgan fingerprint density at radius 3 is 2.29 bits per heavy atom. The minimum atomic E-state index is -0.890. The minimum absolute atomic E-state index is 0.0413. The first-order valence-corrected chi connectivity index (χ1v) is 7.75. The number of carbonyl (C=O) groups excluding carboxylic acids is 2. The summed E-state index contributed by atoms with van der Waals surface area (Å²) in [5.41, 5.74) is -0.634. The van der Waals surface area contributed by atoms with E-state index in [0.29, 0.717) is 5.75 Å². The van der Waals surface area contributed by atoms with Gasteiger partial charge in [0.05, 0.1) is 12.7 Å². The molecule has 134 valence electrons. The fourth-order valence-electron chi connectivity index (χ4n) is 2.78. The van der Waals surface area contributed by atoms with Gasteiger partial charge >= 0.3 is 5.97 Å². The Morgan fingerprint density at radius 1 is 1.17 bits per heavy atom. The van der Waals surface area contributed by atoms with Gasteiger partial charge in [-0.1, -0.05) is 20.8 Å². The summed E-state index contributed by atoms with van der Waals surface area (Å²) >= 11 is 0. The maximum absolute atomic E-state index is 13.8. The Morgan fingerprint density at radius 2 is 1.79 bits per heavy atom. The zero-order valence-corrected chi connectivity index (χ0v) is 15.2. The first-order chi connectivity index (χ1) is 10.9. The van der Waals surface area contributed by atoms with Crippen LogP contribution >= 0.6 is 0 Å². The van der Waals surface area contributed by atoms with Gasteiger partial charge in [0.15, 0.2) is 6.61 Å². The van der Waals surface area contributed by atoms with Gasteiger partial charge < -0.3 is 14.8 Å². The second-order valence-corrected chi connectivity index (χ2v) is 7.59. The Bertz CT molecular complexity index is 606. The van der Waals surface area contributed by atoms with Gasteiger partial charge in [-0.2, -0.15) is 0 Å². The van der Waals surface area contributed by atoms with Gasteiger partial charge in [-0.25, -0.2) is 9.18 Å². The highest BCUT2D eigenvalue weighted by atomic mass is 19.1. The monoisotopic (exact) mass is 339 g/mol. The molecule has 5 nitrogen and oxygen atoms in total. The molecule has 0 atom stereocenters. The fourth-order valence-corrected chi connectivity index (χ4v) is 2.78. The molecule has 0 spiro atoms. The SMILES string of the molecule is COc1ccc(C(=O)OCC(=O)NC(C)(C)CC(C)(C)C)c(F)c1. The molecule has 1 N–H and O–H groups in total. The first kappa shape index (κ1) is 19.9. The van der Waals surface area contributed by atoms with E-state index < -0.39 is 29.8 Å². The van der Waals surface area contributed by atoms with Crippen LogP contribution in [0.15, 0.2) is 18.2 Å². The molecule has 0 aliphatic carbocycles. The molecule has 0 heterocycles. The summed E-state index contributed by atoms with van der Waals surface area (Å²) in [6.45, 7) is 9.58. The summed E-state index contributed by atoms with van der Waals surface area (Å²) in [5, 5.41) is 2.82. The zero-order valence-electron chi connectivity index (χ0n) is 15.2. The number of ether oxygens (including phenoxy) is 2. The molecule has 0 aliphatic rings. The third-order valence-corrected chi connectivity index (χ3v) is 3.18. The van der Waals surface area contributed by atoms with Gasteiger partial charge in [0.2, 0.25) is 0 Å². The molecule has 0 unspecified atom stereocenters. The molecule has 0 radical (unpaired) electrons. The third kappa shape index (κ3) is 6.56. The zero-order chi connectivity index (χ0) is 18.5. The average molecular weight is 339 g/mol. The normalized spacial score (nSPS) is 11.8. The molecular weight excluding hydrogens is 313 g/mol. The van der Waals surface area contributed by atoms with E-state index in [1.54, 1.807) is 0 Å². The number of methoxy groups -OCH3 is 1. The lowest BCUT2D eigenvalue weighted by Gasteiger charge is -2.33. The summed E-state index contributed by atoms with van der Waals surface area (Å²) in [4.78, 5) is 23.8. The molecule has 1 aromatic rings. The fraction of sp³-hybridized carbons (Fsp3) is 0.556. The molecule has 1 rings (SSSR count). The number of hydrogen-bond acceptors (Lipinski definition) is 4. The van der Waals surface area contributed by atoms with Crippen LogP contribution in [0.4, 0.5) is 4.39 Å². The molecule has 0 aliphatic heterocycles. The standard InChI is InChI=1S/C18H26FNO4/c1-17(2,3)11-18(4,5)20-15(21)10-24-16(22)13-8-7-12(23-6)9-14(13)19/h7-9H,10-11H2,1-6H3,(H,20,21). The highest BCUT2D eigenvalue weighted by molar-refractivity contribution is 5.91. The number of benzene rings is 1. The van der Waals surface area contributed by atoms with Gasteiger partial charge in [0.1, 0.15) is 11.6 Å². The lowest BCUT2D eigenvalue weighted by atomic mass is 9.82. The second-order valence-electron chi connectivity index (χ2n) is 7.59. The van der Waals surface area contributed by atoms with Crippen LogP contribution in [0.25, 0.3) is 0 Å². The van der Waals surface area contributed by atoms with Crippen molar-refractivity contribution in [2.75, 3.05) is 13.7 Å². The molecule has 0 saturated carbocycles. The van der Waals surface area contributed by atoms with Crippen LogP contribution in [0.1, 0.15) is 51.4 Å². The van der Waals surface area contributed by atoms with Crippen molar-refractivity contribution < 1.29 is 23.5 Å². The predicted molar refractivity (Wildman–Crippen MR) is 89.5 cm³/mol. The van der Waals surface area contributed by atoms with Crippen LogP contribution in [0, 0.1) is 11.2 Å². The van der Waals surface area contributed by atoms with Crippen molar-refractivity contribution in [2.45, 2.75) is 46.6 Å². The van der Waals surface area contributed by atoms with Gasteiger partial charge in [-0.15, -0.1) is 0 Å². The van der Waals surface area contributed by atoms with Crippen molar-refractivity contribution in [3.63, 3.8) is 0 Å². The number of halogens is 1. The van der Waals surface area contributed by atoms with E-state index in [0.717, 1.165) is 12.5 Å². The summed E-state index contributed by atoms with van der Waals surface area (Å²) in [7, 11) is 1.40. The lowest BCUT2D eigenvalue weighted by Crippen LogP contribution is -2.47. The number of carbonyl (C=O) groups is 2. The van der Waals surface area contributed by atoms with E-state index in [2.05, 4.69) is 26.1 Å². The van der Waals surface area contributed by atoms with Crippen LogP contribution < -0.4 is 10.1 Å². The largest absolute Gasteiger partial charge is 0.497 e. The minimum Gasteiger partial charge on any atom is -0.497 e. The average Bonchev–Trinajstić information content (AvgIpc) is 2.41. The molecular formula is C18H26FNO4. The van der Waals surface area contributed by atoms with E-state index in [1.807, 2.05) is 13.8 Å². The van der Waals surface area contributed by atoms with Crippen LogP contribution in [0.5, 0.6) is 5.75 Å². The Balaban J connectivity index is 2.59. The molecule has 1 aromatic carbocycles. The molecule has 24 heavy (non-hydrogen) atoms. The molecule has 6 heteroatoms. The van der Waals surface area contributed by atoms with E-state index in [4.69, 9.17) is 9.47 Å². The Labute approximate surface area is 142 Å². The number of amides is 1. The van der Waals surface area contributed by atoms with E-state index in [9.17, 15) is 14.0 Å². The van der Waals surface area contributed by atoms with Crippen LogP contribution in [-0.4, -0.2) is 31.1 Å². The van der Waals surface area contributed by atoms with E-state index >= 15 is 0 Å². The van der Waals surface area contributed by atoms with Crippen molar-refractivity contribution >= 4 is 11.9 Å². The highest BCUT2D eigenvalue weighted by Crippen LogP contribution is 2.26. The quantitative estimate of drug-likeness (QED) is 0.808. The number of nitrogens with one attached hydrogen (secondary N) is 1. The van der Waals surface area contributed by atoms with Crippen molar-refractivity contribution in [1.82, 2.24) is 5.32 Å². The van der Waals surface area contributed by atoms with Crippen molar-refractivity contribution in [3.8, 4) is 5.75 Å². The van der Waals surface area contributed by atoms with Gasteiger partial charge in [0.25, 0.3) is 5.91 Å². The van der Waals surface area contributed by atoms with Crippen molar-refractivity contribution in [2.24, 2.45) is 5.41 Å². The molecule has 0 saturated heterocycles. The lowest BCUT2D eigenvalue weighted by molar-refractivity contribution is -0.126. The summed E-state index contributed by atoms with van der Waals surface area (Å²) < 4.78 is 23.5. The summed E-state index contributed by atoms with van der Waals surface area (Å²) in [6.07, 6.45) is 0.757. The second kappa shape index (κ2) is 7.64.